The Morgan fingerprint density at radius 2 is 1.97 bits per heavy atom. The number of benzene rings is 2. The first-order valence-electron chi connectivity index (χ1n) is 9.67. The molecule has 2 aromatic carbocycles. The molecule has 2 aromatic rings. The third-order valence-electron chi connectivity index (χ3n) is 5.79. The lowest BCUT2D eigenvalue weighted by molar-refractivity contribution is 0.105. The van der Waals surface area contributed by atoms with Gasteiger partial charge in [-0.3, -0.25) is 4.90 Å². The largest absolute Gasteiger partial charge is 0.497 e. The van der Waals surface area contributed by atoms with E-state index in [0.29, 0.717) is 29.4 Å². The van der Waals surface area contributed by atoms with Crippen molar-refractivity contribution < 1.29 is 28.8 Å². The van der Waals surface area contributed by atoms with Gasteiger partial charge in [-0.15, -0.1) is 0 Å². The maximum Gasteiger partial charge on any atom is 0.231 e. The molecule has 1 N–H and O–H groups in total. The minimum Gasteiger partial charge on any atom is -0.497 e. The van der Waals surface area contributed by atoms with Crippen molar-refractivity contribution in [3.63, 3.8) is 0 Å². The Kier molecular flexibility index (Phi) is 5.43. The van der Waals surface area contributed by atoms with Crippen LogP contribution in [0.4, 0.5) is 0 Å². The van der Waals surface area contributed by atoms with Crippen LogP contribution in [0.15, 0.2) is 24.3 Å². The number of hydrogen-bond donors (Lipinski definition) is 1. The van der Waals surface area contributed by atoms with Crippen LogP contribution in [0.5, 0.6) is 28.7 Å². The van der Waals surface area contributed by atoms with E-state index >= 15 is 0 Å². The fraction of sp³-hybridized carbons (Fsp3) is 0.455. The van der Waals surface area contributed by atoms with Gasteiger partial charge in [0.2, 0.25) is 12.5 Å². The predicted molar refractivity (Wildman–Crippen MR) is 107 cm³/mol. The molecule has 0 spiro atoms. The van der Waals surface area contributed by atoms with Crippen molar-refractivity contribution in [1.82, 2.24) is 4.90 Å². The van der Waals surface area contributed by atoms with Crippen LogP contribution in [0.3, 0.4) is 0 Å². The lowest BCUT2D eigenvalue weighted by atomic mass is 9.87. The number of rotatable bonds is 6. The third kappa shape index (κ3) is 3.45. The summed E-state index contributed by atoms with van der Waals surface area (Å²) in [5, 5.41) is 11.1. The molecule has 7 nitrogen and oxygen atoms in total. The van der Waals surface area contributed by atoms with Crippen LogP contribution >= 0.6 is 0 Å². The van der Waals surface area contributed by atoms with Crippen LogP contribution in [-0.4, -0.2) is 51.7 Å². The Balaban J connectivity index is 1.70. The Morgan fingerprint density at radius 3 is 2.69 bits per heavy atom. The van der Waals surface area contributed by atoms with Crippen molar-refractivity contribution in [2.45, 2.75) is 25.0 Å². The van der Waals surface area contributed by atoms with Crippen LogP contribution in [-0.2, 0) is 6.42 Å². The first-order valence-corrected chi connectivity index (χ1v) is 9.67. The molecular weight excluding hydrogens is 374 g/mol. The summed E-state index contributed by atoms with van der Waals surface area (Å²) in [5.74, 6) is 3.35. The van der Waals surface area contributed by atoms with Crippen LogP contribution in [0.2, 0.25) is 0 Å². The highest BCUT2D eigenvalue weighted by Crippen LogP contribution is 2.51. The predicted octanol–water partition coefficient (Wildman–Crippen LogP) is 3.09. The summed E-state index contributed by atoms with van der Waals surface area (Å²) in [6.45, 7) is 1.08. The molecule has 2 atom stereocenters. The summed E-state index contributed by atoms with van der Waals surface area (Å²) < 4.78 is 27.7. The van der Waals surface area contributed by atoms with E-state index in [1.165, 1.54) is 5.56 Å². The monoisotopic (exact) mass is 401 g/mol. The number of methoxy groups -OCH3 is 3. The van der Waals surface area contributed by atoms with Crippen molar-refractivity contribution in [2.24, 2.45) is 0 Å². The Morgan fingerprint density at radius 1 is 1.14 bits per heavy atom. The molecule has 2 aliphatic rings. The van der Waals surface area contributed by atoms with Crippen LogP contribution in [0, 0.1) is 0 Å². The molecule has 0 amide bonds. The maximum atomic E-state index is 11.1. The molecule has 0 aliphatic carbocycles. The van der Waals surface area contributed by atoms with E-state index in [1.807, 2.05) is 18.2 Å². The molecule has 29 heavy (non-hydrogen) atoms. The second-order valence-corrected chi connectivity index (χ2v) is 7.32. The highest BCUT2D eigenvalue weighted by atomic mass is 16.7. The molecule has 156 valence electrons. The molecule has 0 fully saturated rings. The van der Waals surface area contributed by atoms with Gasteiger partial charge in [-0.25, -0.2) is 0 Å². The van der Waals surface area contributed by atoms with Gasteiger partial charge >= 0.3 is 0 Å². The topological polar surface area (TPSA) is 69.6 Å². The number of likely N-dealkylation sites (N-methyl/N-ethyl adjacent to an activating group) is 1. The maximum absolute atomic E-state index is 11.1. The van der Waals surface area contributed by atoms with Crippen molar-refractivity contribution >= 4 is 0 Å². The number of fused-ring (bicyclic) bond motifs is 2. The Hall–Kier alpha value is -2.64. The van der Waals surface area contributed by atoms with Crippen LogP contribution in [0.25, 0.3) is 0 Å². The molecule has 2 aliphatic heterocycles. The summed E-state index contributed by atoms with van der Waals surface area (Å²) in [5.41, 5.74) is 2.95. The molecule has 7 heteroatoms. The molecular formula is C22H27NO6. The molecule has 4 rings (SSSR count). The number of nitrogens with zero attached hydrogens (tertiary/aromatic N) is 1. The SMILES string of the molecule is COc1ccc([C@H](O)C[C@@H]2c3c(cc4c(c3OC)OCO4)CCN2C)c(OC)c1. The average molecular weight is 401 g/mol. The lowest BCUT2D eigenvalue weighted by Gasteiger charge is -2.37. The zero-order chi connectivity index (χ0) is 20.5. The van der Waals surface area contributed by atoms with Gasteiger partial charge in [0.25, 0.3) is 0 Å². The van der Waals surface area contributed by atoms with Gasteiger partial charge in [-0.1, -0.05) is 0 Å². The number of aliphatic hydroxyl groups excluding tert-OH is 1. The van der Waals surface area contributed by atoms with Crippen molar-refractivity contribution in [3.8, 4) is 28.7 Å². The summed E-state index contributed by atoms with van der Waals surface area (Å²) in [4.78, 5) is 2.24. The van der Waals surface area contributed by atoms with E-state index in [4.69, 9.17) is 23.7 Å². The highest BCUT2D eigenvalue weighted by Gasteiger charge is 2.35. The Labute approximate surface area is 170 Å². The molecule has 0 radical (unpaired) electrons. The van der Waals surface area contributed by atoms with E-state index in [9.17, 15) is 5.11 Å². The van der Waals surface area contributed by atoms with E-state index in [1.54, 1.807) is 27.4 Å². The smallest absolute Gasteiger partial charge is 0.231 e. The molecule has 0 bridgehead atoms. The van der Waals surface area contributed by atoms with Gasteiger partial charge in [0.15, 0.2) is 11.5 Å². The third-order valence-corrected chi connectivity index (χ3v) is 5.79. The zero-order valence-electron chi connectivity index (χ0n) is 17.2. The van der Waals surface area contributed by atoms with Gasteiger partial charge < -0.3 is 28.8 Å². The van der Waals surface area contributed by atoms with Crippen molar-refractivity contribution in [1.29, 1.82) is 0 Å². The van der Waals surface area contributed by atoms with Crippen LogP contribution < -0.4 is 23.7 Å². The zero-order valence-corrected chi connectivity index (χ0v) is 17.2. The van der Waals surface area contributed by atoms with Crippen molar-refractivity contribution in [3.05, 3.63) is 41.0 Å². The normalized spacial score (nSPS) is 18.9. The minimum absolute atomic E-state index is 0.0370. The average Bonchev–Trinajstić information content (AvgIpc) is 3.21. The molecule has 0 unspecified atom stereocenters. The quantitative estimate of drug-likeness (QED) is 0.798. The van der Waals surface area contributed by atoms with E-state index in [0.717, 1.165) is 29.8 Å². The van der Waals surface area contributed by atoms with Gasteiger partial charge in [0.1, 0.15) is 11.5 Å². The number of ether oxygens (including phenoxy) is 5. The van der Waals surface area contributed by atoms with E-state index in [2.05, 4.69) is 11.9 Å². The second-order valence-electron chi connectivity index (χ2n) is 7.32. The van der Waals surface area contributed by atoms with Gasteiger partial charge in [0.05, 0.1) is 27.4 Å². The standard InChI is InChI=1S/C22H27NO6/c1-23-8-7-13-9-19-21(29-12-28-19)22(27-4)20(13)16(23)11-17(24)15-6-5-14(25-2)10-18(15)26-3/h5-6,9-10,16-17,24H,7-8,11-12H2,1-4H3/t16-,17-/m1/s1. The van der Waals surface area contributed by atoms with Crippen LogP contribution in [0.1, 0.15) is 35.3 Å². The van der Waals surface area contributed by atoms with Gasteiger partial charge in [-0.2, -0.15) is 0 Å². The first-order chi connectivity index (χ1) is 14.1. The molecule has 0 saturated heterocycles. The summed E-state index contributed by atoms with van der Waals surface area (Å²) in [6.07, 6.45) is 0.656. The number of hydrogen-bond acceptors (Lipinski definition) is 7. The molecule has 0 aromatic heterocycles. The first kappa shape index (κ1) is 19.7. The van der Waals surface area contributed by atoms with E-state index < -0.39 is 6.10 Å². The number of aliphatic hydroxyl groups is 1. The van der Waals surface area contributed by atoms with E-state index in [-0.39, 0.29) is 12.8 Å². The van der Waals surface area contributed by atoms with Crippen molar-refractivity contribution in [2.75, 3.05) is 41.7 Å². The highest BCUT2D eigenvalue weighted by molar-refractivity contribution is 5.62. The summed E-state index contributed by atoms with van der Waals surface area (Å²) >= 11 is 0. The fourth-order valence-electron chi connectivity index (χ4n) is 4.26. The molecule has 0 saturated carbocycles. The summed E-state index contributed by atoms with van der Waals surface area (Å²) in [6, 6.07) is 7.47. The van der Waals surface area contributed by atoms with Gasteiger partial charge in [0, 0.05) is 29.8 Å². The lowest BCUT2D eigenvalue weighted by Crippen LogP contribution is -2.33. The fourth-order valence-corrected chi connectivity index (χ4v) is 4.26. The second kappa shape index (κ2) is 8.00. The summed E-state index contributed by atoms with van der Waals surface area (Å²) in [7, 11) is 6.91. The Bertz CT molecular complexity index is 899. The molecule has 2 heterocycles. The van der Waals surface area contributed by atoms with Gasteiger partial charge in [-0.05, 0) is 43.7 Å². The minimum atomic E-state index is -0.718.